The van der Waals surface area contributed by atoms with Gasteiger partial charge in [0, 0.05) is 6.42 Å². The van der Waals surface area contributed by atoms with Crippen molar-refractivity contribution >= 4 is 5.97 Å². The summed E-state index contributed by atoms with van der Waals surface area (Å²) in [6, 6.07) is 5.51. The second-order valence-electron chi connectivity index (χ2n) is 3.78. The molecule has 0 atom stereocenters. The highest BCUT2D eigenvalue weighted by atomic mass is 16.5. The number of aryl methyl sites for hydroxylation is 1. The average Bonchev–Trinajstić information content (AvgIpc) is 2.43. The first kappa shape index (κ1) is 14.9. The Bertz CT molecular complexity index is 460. The van der Waals surface area contributed by atoms with Crippen LogP contribution in [0.25, 0.3) is 0 Å². The van der Waals surface area contributed by atoms with Crippen LogP contribution < -0.4 is 9.47 Å². The van der Waals surface area contributed by atoms with Crippen molar-refractivity contribution in [3.05, 3.63) is 23.8 Å². The van der Waals surface area contributed by atoms with Gasteiger partial charge in [-0.1, -0.05) is 12.0 Å². The number of methoxy groups -OCH3 is 1. The Morgan fingerprint density at radius 3 is 2.79 bits per heavy atom. The van der Waals surface area contributed by atoms with E-state index in [1.807, 2.05) is 12.1 Å². The molecule has 0 aliphatic heterocycles. The summed E-state index contributed by atoms with van der Waals surface area (Å²) < 4.78 is 15.5. The van der Waals surface area contributed by atoms with Crippen molar-refractivity contribution in [2.45, 2.75) is 19.8 Å². The third-order valence-corrected chi connectivity index (χ3v) is 2.46. The molecular formula is C15H18O4. The van der Waals surface area contributed by atoms with Crippen molar-refractivity contribution in [1.29, 1.82) is 0 Å². The second kappa shape index (κ2) is 8.04. The van der Waals surface area contributed by atoms with Crippen molar-refractivity contribution in [2.75, 3.05) is 20.3 Å². The van der Waals surface area contributed by atoms with Crippen molar-refractivity contribution in [2.24, 2.45) is 0 Å². The minimum absolute atomic E-state index is 0.193. The highest BCUT2D eigenvalue weighted by Gasteiger charge is 2.07. The highest BCUT2D eigenvalue weighted by Crippen LogP contribution is 2.28. The predicted molar refractivity (Wildman–Crippen MR) is 72.3 cm³/mol. The van der Waals surface area contributed by atoms with Gasteiger partial charge in [0.25, 0.3) is 0 Å². The fraction of sp³-hybridized carbons (Fsp3) is 0.400. The highest BCUT2D eigenvalue weighted by molar-refractivity contribution is 5.69. The summed E-state index contributed by atoms with van der Waals surface area (Å²) in [6.45, 7) is 2.39. The van der Waals surface area contributed by atoms with Crippen LogP contribution in [0, 0.1) is 12.3 Å². The molecule has 0 heterocycles. The fourth-order valence-electron chi connectivity index (χ4n) is 1.59. The molecule has 0 aromatic heterocycles. The minimum atomic E-state index is -0.200. The molecule has 0 aliphatic carbocycles. The Balaban J connectivity index is 2.66. The summed E-state index contributed by atoms with van der Waals surface area (Å²) in [7, 11) is 1.56. The number of benzene rings is 1. The van der Waals surface area contributed by atoms with E-state index in [4.69, 9.17) is 20.6 Å². The van der Waals surface area contributed by atoms with E-state index in [0.29, 0.717) is 30.9 Å². The van der Waals surface area contributed by atoms with E-state index in [1.165, 1.54) is 0 Å². The van der Waals surface area contributed by atoms with Gasteiger partial charge in [-0.05, 0) is 31.0 Å². The van der Waals surface area contributed by atoms with Crippen molar-refractivity contribution in [3.8, 4) is 23.8 Å². The topological polar surface area (TPSA) is 44.8 Å². The molecule has 1 aromatic rings. The molecule has 0 radical (unpaired) electrons. The number of hydrogen-bond donors (Lipinski definition) is 0. The SMILES string of the molecule is C#CCOc1ccc(CCC(=O)OCC)cc1OC. The summed E-state index contributed by atoms with van der Waals surface area (Å²) in [5.74, 6) is 3.40. The molecule has 0 bridgehead atoms. The number of ether oxygens (including phenoxy) is 3. The van der Waals surface area contributed by atoms with Gasteiger partial charge >= 0.3 is 5.97 Å². The summed E-state index contributed by atoms with van der Waals surface area (Å²) in [6.07, 6.45) is 6.09. The summed E-state index contributed by atoms with van der Waals surface area (Å²) in [4.78, 5) is 11.3. The van der Waals surface area contributed by atoms with Crippen LogP contribution in [0.2, 0.25) is 0 Å². The van der Waals surface area contributed by atoms with Crippen molar-refractivity contribution < 1.29 is 19.0 Å². The Morgan fingerprint density at radius 2 is 2.16 bits per heavy atom. The van der Waals surface area contributed by atoms with Gasteiger partial charge in [0.2, 0.25) is 0 Å². The molecule has 102 valence electrons. The molecule has 0 amide bonds. The minimum Gasteiger partial charge on any atom is -0.493 e. The third kappa shape index (κ3) is 4.92. The Hall–Kier alpha value is -2.15. The van der Waals surface area contributed by atoms with Crippen LogP contribution in [0.5, 0.6) is 11.5 Å². The van der Waals surface area contributed by atoms with Gasteiger partial charge in [-0.15, -0.1) is 6.42 Å². The molecule has 0 unspecified atom stereocenters. The summed E-state index contributed by atoms with van der Waals surface area (Å²) in [5, 5.41) is 0. The molecule has 4 heteroatoms. The number of rotatable bonds is 7. The van der Waals surface area contributed by atoms with E-state index in [1.54, 1.807) is 20.1 Å². The zero-order valence-electron chi connectivity index (χ0n) is 11.3. The Labute approximate surface area is 113 Å². The molecule has 0 aliphatic rings. The zero-order valence-corrected chi connectivity index (χ0v) is 11.3. The normalized spacial score (nSPS) is 9.53. The average molecular weight is 262 g/mol. The summed E-state index contributed by atoms with van der Waals surface area (Å²) in [5.41, 5.74) is 0.984. The molecule has 0 saturated heterocycles. The van der Waals surface area contributed by atoms with Crippen molar-refractivity contribution in [3.63, 3.8) is 0 Å². The molecule has 0 fully saturated rings. The maximum absolute atomic E-state index is 11.3. The van der Waals surface area contributed by atoms with Gasteiger partial charge in [0.15, 0.2) is 11.5 Å². The largest absolute Gasteiger partial charge is 0.493 e. The van der Waals surface area contributed by atoms with Crippen LogP contribution in [0.4, 0.5) is 0 Å². The van der Waals surface area contributed by atoms with Gasteiger partial charge in [0.05, 0.1) is 13.7 Å². The van der Waals surface area contributed by atoms with Gasteiger partial charge < -0.3 is 14.2 Å². The lowest BCUT2D eigenvalue weighted by atomic mass is 10.1. The van der Waals surface area contributed by atoms with E-state index in [2.05, 4.69) is 5.92 Å². The lowest BCUT2D eigenvalue weighted by Gasteiger charge is -2.10. The van der Waals surface area contributed by atoms with E-state index < -0.39 is 0 Å². The number of esters is 1. The van der Waals surface area contributed by atoms with Gasteiger partial charge in [0.1, 0.15) is 6.61 Å². The predicted octanol–water partition coefficient (Wildman–Crippen LogP) is 2.20. The number of hydrogen-bond acceptors (Lipinski definition) is 4. The van der Waals surface area contributed by atoms with Crippen LogP contribution in [0.1, 0.15) is 18.9 Å². The Morgan fingerprint density at radius 1 is 1.37 bits per heavy atom. The molecule has 1 rings (SSSR count). The first-order chi connectivity index (χ1) is 9.21. The van der Waals surface area contributed by atoms with E-state index in [0.717, 1.165) is 5.56 Å². The zero-order chi connectivity index (χ0) is 14.1. The van der Waals surface area contributed by atoms with E-state index >= 15 is 0 Å². The van der Waals surface area contributed by atoms with Crippen molar-refractivity contribution in [1.82, 2.24) is 0 Å². The van der Waals surface area contributed by atoms with Gasteiger partial charge in [-0.25, -0.2) is 0 Å². The van der Waals surface area contributed by atoms with Crippen LogP contribution in [0.15, 0.2) is 18.2 Å². The van der Waals surface area contributed by atoms with E-state index in [9.17, 15) is 4.79 Å². The molecule has 1 aromatic carbocycles. The second-order valence-corrected chi connectivity index (χ2v) is 3.78. The van der Waals surface area contributed by atoms with Gasteiger partial charge in [-0.3, -0.25) is 4.79 Å². The quantitative estimate of drug-likeness (QED) is 0.558. The first-order valence-corrected chi connectivity index (χ1v) is 6.10. The Kier molecular flexibility index (Phi) is 6.31. The molecule has 4 nitrogen and oxygen atoms in total. The smallest absolute Gasteiger partial charge is 0.306 e. The lowest BCUT2D eigenvalue weighted by Crippen LogP contribution is -2.05. The molecule has 0 spiro atoms. The molecule has 19 heavy (non-hydrogen) atoms. The molecule has 0 saturated carbocycles. The first-order valence-electron chi connectivity index (χ1n) is 6.10. The fourth-order valence-corrected chi connectivity index (χ4v) is 1.59. The maximum atomic E-state index is 11.3. The van der Waals surface area contributed by atoms with Crippen LogP contribution >= 0.6 is 0 Å². The van der Waals surface area contributed by atoms with E-state index in [-0.39, 0.29) is 12.6 Å². The van der Waals surface area contributed by atoms with Crippen LogP contribution in [0.3, 0.4) is 0 Å². The van der Waals surface area contributed by atoms with Crippen LogP contribution in [-0.4, -0.2) is 26.3 Å². The summed E-state index contributed by atoms with van der Waals surface area (Å²) >= 11 is 0. The third-order valence-electron chi connectivity index (χ3n) is 2.46. The van der Waals surface area contributed by atoms with Gasteiger partial charge in [-0.2, -0.15) is 0 Å². The number of terminal acetylenes is 1. The lowest BCUT2D eigenvalue weighted by molar-refractivity contribution is -0.143. The van der Waals surface area contributed by atoms with Crippen LogP contribution in [-0.2, 0) is 16.0 Å². The molecule has 0 N–H and O–H groups in total. The number of carbonyl (C=O) groups is 1. The number of carbonyl (C=O) groups excluding carboxylic acids is 1. The molecular weight excluding hydrogens is 244 g/mol. The monoisotopic (exact) mass is 262 g/mol. The standard InChI is InChI=1S/C15H18O4/c1-4-10-19-13-8-6-12(11-14(13)17-3)7-9-15(16)18-5-2/h1,6,8,11H,5,7,9-10H2,2-3H3. The maximum Gasteiger partial charge on any atom is 0.306 e.